The van der Waals surface area contributed by atoms with Gasteiger partial charge in [0.25, 0.3) is 0 Å². The Morgan fingerprint density at radius 1 is 1.30 bits per heavy atom. The largest absolute Gasteiger partial charge is 0.333 e. The first kappa shape index (κ1) is 18.0. The van der Waals surface area contributed by atoms with Gasteiger partial charge in [-0.2, -0.15) is 0 Å². The molecule has 3 N–H and O–H groups in total. The number of anilines is 1. The monoisotopic (exact) mass is 402 g/mol. The molecule has 9 heteroatoms. The van der Waals surface area contributed by atoms with Gasteiger partial charge in [-0.25, -0.2) is 18.5 Å². The van der Waals surface area contributed by atoms with Gasteiger partial charge in [0.2, 0.25) is 15.9 Å². The summed E-state index contributed by atoms with van der Waals surface area (Å²) in [6, 6.07) is 10.6. The Labute approximate surface area is 161 Å². The topological polar surface area (TPSA) is 109 Å². The number of H-pyrrole nitrogens is 1. The van der Waals surface area contributed by atoms with Gasteiger partial charge in [-0.3, -0.25) is 4.79 Å². The molecule has 0 radical (unpaired) electrons. The van der Waals surface area contributed by atoms with Gasteiger partial charge in [0.15, 0.2) is 5.16 Å². The van der Waals surface area contributed by atoms with Gasteiger partial charge in [0, 0.05) is 12.2 Å². The third kappa shape index (κ3) is 3.58. The first-order chi connectivity index (χ1) is 12.8. The fraction of sp³-hybridized carbons (Fsp3) is 0.222. The molecule has 1 amide bonds. The number of thioether (sulfide) groups is 1. The molecule has 2 aromatic carbocycles. The van der Waals surface area contributed by atoms with Gasteiger partial charge in [0.05, 0.1) is 21.7 Å². The normalized spacial score (nSPS) is 13.9. The van der Waals surface area contributed by atoms with E-state index in [4.69, 9.17) is 5.14 Å². The van der Waals surface area contributed by atoms with Crippen molar-refractivity contribution in [2.24, 2.45) is 5.14 Å². The van der Waals surface area contributed by atoms with Gasteiger partial charge in [-0.05, 0) is 54.8 Å². The highest BCUT2D eigenvalue weighted by molar-refractivity contribution is 7.99. The van der Waals surface area contributed by atoms with Crippen molar-refractivity contribution in [1.29, 1.82) is 0 Å². The highest BCUT2D eigenvalue weighted by Gasteiger charge is 2.26. The Balaban J connectivity index is 1.48. The summed E-state index contributed by atoms with van der Waals surface area (Å²) in [7, 11) is -3.74. The molecule has 7 nitrogen and oxygen atoms in total. The van der Waals surface area contributed by atoms with Gasteiger partial charge in [0.1, 0.15) is 0 Å². The van der Waals surface area contributed by atoms with Crippen molar-refractivity contribution < 1.29 is 13.2 Å². The molecule has 0 atom stereocenters. The summed E-state index contributed by atoms with van der Waals surface area (Å²) in [6.45, 7) is 2.55. The Morgan fingerprint density at radius 2 is 2.11 bits per heavy atom. The van der Waals surface area contributed by atoms with Crippen LogP contribution in [0.15, 0.2) is 46.5 Å². The van der Waals surface area contributed by atoms with Crippen LogP contribution in [0.4, 0.5) is 5.69 Å². The number of hydrogen-bond donors (Lipinski definition) is 2. The Morgan fingerprint density at radius 3 is 2.89 bits per heavy atom. The Kier molecular flexibility index (Phi) is 4.45. The number of aryl methyl sites for hydroxylation is 1. The molecule has 3 aromatic rings. The number of fused-ring (bicyclic) bond motifs is 2. The maximum atomic E-state index is 12.7. The third-order valence-electron chi connectivity index (χ3n) is 4.52. The molecular formula is C18H18N4O3S2. The minimum Gasteiger partial charge on any atom is -0.333 e. The summed E-state index contributed by atoms with van der Waals surface area (Å²) < 4.78 is 23.0. The molecular weight excluding hydrogens is 384 g/mol. The number of nitrogens with one attached hydrogen (secondary N) is 1. The summed E-state index contributed by atoms with van der Waals surface area (Å²) in [5, 5.41) is 5.88. The molecule has 1 aliphatic heterocycles. The Bertz CT molecular complexity index is 1150. The molecule has 27 heavy (non-hydrogen) atoms. The number of carbonyl (C=O) groups excluding carboxylic acids is 1. The van der Waals surface area contributed by atoms with Gasteiger partial charge < -0.3 is 9.88 Å². The van der Waals surface area contributed by atoms with Crippen LogP contribution in [0.2, 0.25) is 0 Å². The lowest BCUT2D eigenvalue weighted by molar-refractivity contribution is -0.116. The highest BCUT2D eigenvalue weighted by Crippen LogP contribution is 2.31. The molecule has 0 bridgehead atoms. The molecule has 0 spiro atoms. The second-order valence-corrected chi connectivity index (χ2v) is 9.01. The zero-order valence-corrected chi connectivity index (χ0v) is 16.2. The lowest BCUT2D eigenvalue weighted by atomic mass is 10.2. The van der Waals surface area contributed by atoms with Crippen molar-refractivity contribution >= 4 is 44.4 Å². The standard InChI is InChI=1S/C18H18N4O3S2/c1-11-2-4-14-15(8-11)21-18(20-14)26-10-17(23)22-7-6-12-9-13(27(19,24)25)3-5-16(12)22/h2-5,8-9H,6-7,10H2,1H3,(H,20,21)(H2,19,24,25). The minimum atomic E-state index is -3.74. The van der Waals surface area contributed by atoms with Gasteiger partial charge in [-0.1, -0.05) is 17.8 Å². The lowest BCUT2D eigenvalue weighted by Gasteiger charge is -2.17. The number of carbonyl (C=O) groups is 1. The van der Waals surface area contributed by atoms with Crippen LogP contribution < -0.4 is 10.0 Å². The molecule has 0 aliphatic carbocycles. The van der Waals surface area contributed by atoms with Crippen LogP contribution in [-0.4, -0.2) is 36.6 Å². The quantitative estimate of drug-likeness (QED) is 0.650. The molecule has 0 fully saturated rings. The van der Waals surface area contributed by atoms with Crippen molar-refractivity contribution in [1.82, 2.24) is 9.97 Å². The first-order valence-electron chi connectivity index (χ1n) is 8.36. The van der Waals surface area contributed by atoms with Crippen LogP contribution >= 0.6 is 11.8 Å². The minimum absolute atomic E-state index is 0.0428. The number of aromatic amines is 1. The molecule has 4 rings (SSSR count). The number of hydrogen-bond acceptors (Lipinski definition) is 5. The van der Waals surface area contributed by atoms with Crippen molar-refractivity contribution in [3.05, 3.63) is 47.5 Å². The van der Waals surface area contributed by atoms with E-state index in [0.29, 0.717) is 18.1 Å². The average Bonchev–Trinajstić information content (AvgIpc) is 3.21. The first-order valence-corrected chi connectivity index (χ1v) is 10.9. The molecule has 2 heterocycles. The summed E-state index contributed by atoms with van der Waals surface area (Å²) in [5.74, 6) is 0.202. The van der Waals surface area contributed by atoms with E-state index >= 15 is 0 Å². The maximum absolute atomic E-state index is 12.7. The summed E-state index contributed by atoms with van der Waals surface area (Å²) >= 11 is 1.36. The van der Waals surface area contributed by atoms with E-state index in [0.717, 1.165) is 27.8 Å². The van der Waals surface area contributed by atoms with E-state index in [2.05, 4.69) is 9.97 Å². The number of sulfonamides is 1. The van der Waals surface area contributed by atoms with Crippen LogP contribution in [0.3, 0.4) is 0 Å². The van der Waals surface area contributed by atoms with E-state index in [9.17, 15) is 13.2 Å². The Hall–Kier alpha value is -2.36. The third-order valence-corrected chi connectivity index (χ3v) is 6.29. The van der Waals surface area contributed by atoms with Crippen molar-refractivity contribution in [2.75, 3.05) is 17.2 Å². The van der Waals surface area contributed by atoms with Crippen LogP contribution in [-0.2, 0) is 21.2 Å². The van der Waals surface area contributed by atoms with Gasteiger partial charge >= 0.3 is 0 Å². The number of rotatable bonds is 4. The van der Waals surface area contributed by atoms with Crippen molar-refractivity contribution in [3.8, 4) is 0 Å². The van der Waals surface area contributed by atoms with E-state index in [1.807, 2.05) is 25.1 Å². The van der Waals surface area contributed by atoms with Crippen molar-refractivity contribution in [2.45, 2.75) is 23.4 Å². The van der Waals surface area contributed by atoms with E-state index in [1.54, 1.807) is 17.0 Å². The molecule has 1 aliphatic rings. The average molecular weight is 403 g/mol. The predicted molar refractivity (Wildman–Crippen MR) is 105 cm³/mol. The molecule has 0 saturated heterocycles. The number of nitrogens with two attached hydrogens (primary N) is 1. The smallest absolute Gasteiger partial charge is 0.238 e. The van der Waals surface area contributed by atoms with E-state index in [1.165, 1.54) is 17.8 Å². The number of nitrogens with zero attached hydrogens (tertiary/aromatic N) is 2. The summed E-state index contributed by atoms with van der Waals surface area (Å²) in [4.78, 5) is 22.1. The molecule has 140 valence electrons. The van der Waals surface area contributed by atoms with Crippen LogP contribution in [0.25, 0.3) is 11.0 Å². The molecule has 1 aromatic heterocycles. The van der Waals surface area contributed by atoms with E-state index < -0.39 is 10.0 Å². The predicted octanol–water partition coefficient (Wildman–Crippen LogP) is 2.20. The van der Waals surface area contributed by atoms with Crippen LogP contribution in [0, 0.1) is 6.92 Å². The zero-order chi connectivity index (χ0) is 19.2. The maximum Gasteiger partial charge on any atom is 0.238 e. The van der Waals surface area contributed by atoms with Crippen LogP contribution in [0.1, 0.15) is 11.1 Å². The zero-order valence-electron chi connectivity index (χ0n) is 14.6. The number of aromatic nitrogens is 2. The van der Waals surface area contributed by atoms with Crippen LogP contribution in [0.5, 0.6) is 0 Å². The SMILES string of the molecule is Cc1ccc2nc(SCC(=O)N3CCc4cc(S(N)(=O)=O)ccc43)[nH]c2c1. The van der Waals surface area contributed by atoms with E-state index in [-0.39, 0.29) is 16.6 Å². The number of imidazole rings is 1. The fourth-order valence-electron chi connectivity index (χ4n) is 3.19. The summed E-state index contributed by atoms with van der Waals surface area (Å²) in [6.07, 6.45) is 0.610. The lowest BCUT2D eigenvalue weighted by Crippen LogP contribution is -2.30. The summed E-state index contributed by atoms with van der Waals surface area (Å²) in [5.41, 5.74) is 4.53. The number of amides is 1. The van der Waals surface area contributed by atoms with Crippen molar-refractivity contribution in [3.63, 3.8) is 0 Å². The fourth-order valence-corrected chi connectivity index (χ4v) is 4.52. The highest BCUT2D eigenvalue weighted by atomic mass is 32.2. The number of primary sulfonamides is 1. The second-order valence-electron chi connectivity index (χ2n) is 6.48. The number of benzene rings is 2. The molecule has 0 unspecified atom stereocenters. The molecule has 0 saturated carbocycles. The van der Waals surface area contributed by atoms with Gasteiger partial charge in [-0.15, -0.1) is 0 Å². The second kappa shape index (κ2) is 6.66.